The van der Waals surface area contributed by atoms with Crippen molar-refractivity contribution in [3.8, 4) is 0 Å². The lowest BCUT2D eigenvalue weighted by Gasteiger charge is -1.93. The van der Waals surface area contributed by atoms with Gasteiger partial charge in [0.15, 0.2) is 0 Å². The van der Waals surface area contributed by atoms with Gasteiger partial charge in [0.2, 0.25) is 5.12 Å². The molecule has 0 aromatic carbocycles. The third kappa shape index (κ3) is 4.15. The summed E-state index contributed by atoms with van der Waals surface area (Å²) in [4.78, 5) is 10.5. The van der Waals surface area contributed by atoms with Crippen molar-refractivity contribution in [1.82, 2.24) is 5.32 Å². The SMILES string of the molecule is CCSC(=O)CNC. The van der Waals surface area contributed by atoms with E-state index in [-0.39, 0.29) is 5.12 Å². The maximum Gasteiger partial charge on any atom is 0.202 e. The van der Waals surface area contributed by atoms with E-state index in [0.29, 0.717) is 6.54 Å². The molecule has 0 radical (unpaired) electrons. The van der Waals surface area contributed by atoms with E-state index < -0.39 is 0 Å². The Morgan fingerprint density at radius 1 is 1.75 bits per heavy atom. The summed E-state index contributed by atoms with van der Waals surface area (Å²) in [6, 6.07) is 0. The number of hydrogen-bond acceptors (Lipinski definition) is 3. The van der Waals surface area contributed by atoms with Crippen molar-refractivity contribution in [2.75, 3.05) is 19.3 Å². The quantitative estimate of drug-likeness (QED) is 0.607. The van der Waals surface area contributed by atoms with E-state index in [1.54, 1.807) is 7.05 Å². The molecule has 0 heterocycles. The maximum atomic E-state index is 10.5. The molecule has 3 heteroatoms. The summed E-state index contributed by atoms with van der Waals surface area (Å²) < 4.78 is 0. The molecule has 0 aromatic heterocycles. The summed E-state index contributed by atoms with van der Waals surface area (Å²) >= 11 is 1.35. The molecule has 0 rings (SSSR count). The summed E-state index contributed by atoms with van der Waals surface area (Å²) in [5, 5.41) is 3.00. The maximum absolute atomic E-state index is 10.5. The first-order chi connectivity index (χ1) is 3.81. The highest BCUT2D eigenvalue weighted by atomic mass is 32.2. The summed E-state index contributed by atoms with van der Waals surface area (Å²) in [7, 11) is 1.77. The first kappa shape index (κ1) is 7.98. The lowest BCUT2D eigenvalue weighted by atomic mass is 10.7. The highest BCUT2D eigenvalue weighted by Crippen LogP contribution is 1.97. The van der Waals surface area contributed by atoms with Gasteiger partial charge in [-0.2, -0.15) is 0 Å². The zero-order valence-electron chi connectivity index (χ0n) is 5.23. The Morgan fingerprint density at radius 3 is 2.75 bits per heavy atom. The number of carbonyl (C=O) groups excluding carboxylic acids is 1. The Hall–Kier alpha value is -0.0200. The molecule has 48 valence electrons. The second-order valence-electron chi connectivity index (χ2n) is 1.34. The molecule has 0 bridgehead atoms. The highest BCUT2D eigenvalue weighted by Gasteiger charge is 1.95. The zero-order valence-corrected chi connectivity index (χ0v) is 6.05. The van der Waals surface area contributed by atoms with Gasteiger partial charge in [-0.25, -0.2) is 0 Å². The molecule has 0 aliphatic heterocycles. The fourth-order valence-electron chi connectivity index (χ4n) is 0.356. The van der Waals surface area contributed by atoms with E-state index in [0.717, 1.165) is 5.75 Å². The van der Waals surface area contributed by atoms with Crippen LogP contribution in [0.5, 0.6) is 0 Å². The third-order valence-corrected chi connectivity index (χ3v) is 1.38. The van der Waals surface area contributed by atoms with Crippen LogP contribution in [-0.2, 0) is 4.79 Å². The van der Waals surface area contributed by atoms with Gasteiger partial charge < -0.3 is 5.32 Å². The van der Waals surface area contributed by atoms with Crippen LogP contribution in [0.4, 0.5) is 0 Å². The average Bonchev–Trinajstić information content (AvgIpc) is 1.68. The predicted octanol–water partition coefficient (Wildman–Crippen LogP) is 0.485. The average molecular weight is 133 g/mol. The van der Waals surface area contributed by atoms with Gasteiger partial charge in [0.25, 0.3) is 0 Å². The Bertz CT molecular complexity index is 66.8. The first-order valence-corrected chi connectivity index (χ1v) is 3.60. The summed E-state index contributed by atoms with van der Waals surface area (Å²) in [5.74, 6) is 0.876. The van der Waals surface area contributed by atoms with Gasteiger partial charge in [0, 0.05) is 0 Å². The van der Waals surface area contributed by atoms with E-state index in [1.165, 1.54) is 11.8 Å². The van der Waals surface area contributed by atoms with Crippen LogP contribution in [0.15, 0.2) is 0 Å². The molecule has 0 atom stereocenters. The first-order valence-electron chi connectivity index (χ1n) is 2.61. The second-order valence-corrected chi connectivity index (χ2v) is 2.66. The van der Waals surface area contributed by atoms with E-state index in [1.807, 2.05) is 6.92 Å². The normalized spacial score (nSPS) is 9.25. The molecule has 8 heavy (non-hydrogen) atoms. The van der Waals surface area contributed by atoms with Gasteiger partial charge >= 0.3 is 0 Å². The topological polar surface area (TPSA) is 29.1 Å². The van der Waals surface area contributed by atoms with Crippen molar-refractivity contribution in [2.24, 2.45) is 0 Å². The molecule has 0 fully saturated rings. The number of carbonyl (C=O) groups is 1. The molecule has 0 spiro atoms. The number of thioether (sulfide) groups is 1. The third-order valence-electron chi connectivity index (χ3n) is 0.626. The number of nitrogens with one attached hydrogen (secondary N) is 1. The summed E-state index contributed by atoms with van der Waals surface area (Å²) in [6.07, 6.45) is 0. The van der Waals surface area contributed by atoms with Gasteiger partial charge in [-0.15, -0.1) is 0 Å². The lowest BCUT2D eigenvalue weighted by Crippen LogP contribution is -2.15. The molecule has 0 aliphatic carbocycles. The Labute approximate surface area is 54.0 Å². The van der Waals surface area contributed by atoms with Gasteiger partial charge in [-0.1, -0.05) is 18.7 Å². The molecular formula is C5H11NOS. The fourth-order valence-corrected chi connectivity index (χ4v) is 0.925. The molecular weight excluding hydrogens is 122 g/mol. The van der Waals surface area contributed by atoms with E-state index in [4.69, 9.17) is 0 Å². The van der Waals surface area contributed by atoms with E-state index >= 15 is 0 Å². The monoisotopic (exact) mass is 133 g/mol. The fraction of sp³-hybridized carbons (Fsp3) is 0.800. The minimum absolute atomic E-state index is 0.218. The zero-order chi connectivity index (χ0) is 6.41. The van der Waals surface area contributed by atoms with Gasteiger partial charge in [-0.3, -0.25) is 4.79 Å². The Morgan fingerprint density at radius 2 is 2.38 bits per heavy atom. The van der Waals surface area contributed by atoms with E-state index in [9.17, 15) is 4.79 Å². The molecule has 0 saturated carbocycles. The van der Waals surface area contributed by atoms with Gasteiger partial charge in [0.1, 0.15) is 0 Å². The van der Waals surface area contributed by atoms with Crippen molar-refractivity contribution in [2.45, 2.75) is 6.92 Å². The van der Waals surface area contributed by atoms with Gasteiger partial charge in [0.05, 0.1) is 6.54 Å². The second kappa shape index (κ2) is 5.12. The molecule has 0 saturated heterocycles. The van der Waals surface area contributed by atoms with Crippen LogP contribution in [0.1, 0.15) is 6.92 Å². The summed E-state index contributed by atoms with van der Waals surface area (Å²) in [6.45, 7) is 2.46. The van der Waals surface area contributed by atoms with Crippen LogP contribution in [0.2, 0.25) is 0 Å². The summed E-state index contributed by atoms with van der Waals surface area (Å²) in [5.41, 5.74) is 0. The van der Waals surface area contributed by atoms with Crippen molar-refractivity contribution in [1.29, 1.82) is 0 Å². The highest BCUT2D eigenvalue weighted by molar-refractivity contribution is 8.13. The molecule has 0 amide bonds. The predicted molar refractivity (Wildman–Crippen MR) is 37.1 cm³/mol. The van der Waals surface area contributed by atoms with Crippen molar-refractivity contribution in [3.63, 3.8) is 0 Å². The van der Waals surface area contributed by atoms with Crippen molar-refractivity contribution in [3.05, 3.63) is 0 Å². The largest absolute Gasteiger partial charge is 0.312 e. The molecule has 2 nitrogen and oxygen atoms in total. The van der Waals surface area contributed by atoms with Gasteiger partial charge in [-0.05, 0) is 12.8 Å². The number of hydrogen-bond donors (Lipinski definition) is 1. The van der Waals surface area contributed by atoms with Crippen molar-refractivity contribution >= 4 is 16.9 Å². The minimum atomic E-state index is 0.218. The van der Waals surface area contributed by atoms with Crippen molar-refractivity contribution < 1.29 is 4.79 Å². The minimum Gasteiger partial charge on any atom is -0.312 e. The lowest BCUT2D eigenvalue weighted by molar-refractivity contribution is -0.110. The van der Waals surface area contributed by atoms with Crippen LogP contribution in [0.3, 0.4) is 0 Å². The number of likely N-dealkylation sites (N-methyl/N-ethyl adjacent to an activating group) is 1. The van der Waals surface area contributed by atoms with Crippen LogP contribution in [0.25, 0.3) is 0 Å². The van der Waals surface area contributed by atoms with Crippen LogP contribution >= 0.6 is 11.8 Å². The molecule has 0 unspecified atom stereocenters. The smallest absolute Gasteiger partial charge is 0.202 e. The van der Waals surface area contributed by atoms with E-state index in [2.05, 4.69) is 5.32 Å². The standard InChI is InChI=1S/C5H11NOS/c1-3-8-5(7)4-6-2/h6H,3-4H2,1-2H3. The van der Waals surface area contributed by atoms with Crippen LogP contribution < -0.4 is 5.32 Å². The Kier molecular flexibility index (Phi) is 5.11. The molecule has 1 N–H and O–H groups in total. The molecule has 0 aromatic rings. The Balaban J connectivity index is 3.06. The number of rotatable bonds is 3. The molecule has 0 aliphatic rings. The van der Waals surface area contributed by atoms with Crippen LogP contribution in [0, 0.1) is 0 Å². The van der Waals surface area contributed by atoms with Crippen LogP contribution in [-0.4, -0.2) is 24.5 Å².